The number of rotatable bonds is 8. The maximum Gasteiger partial charge on any atom is 0.234 e. The van der Waals surface area contributed by atoms with Gasteiger partial charge in [0.2, 0.25) is 5.91 Å². The van der Waals surface area contributed by atoms with Gasteiger partial charge in [0.1, 0.15) is 0 Å². The van der Waals surface area contributed by atoms with Gasteiger partial charge in [0, 0.05) is 13.2 Å². The van der Waals surface area contributed by atoms with Crippen molar-refractivity contribution in [2.75, 3.05) is 33.4 Å². The van der Waals surface area contributed by atoms with Crippen LogP contribution in [-0.2, 0) is 9.53 Å². The Morgan fingerprint density at radius 3 is 2.64 bits per heavy atom. The molecule has 1 atom stereocenters. The molecule has 0 radical (unpaired) electrons. The lowest BCUT2D eigenvalue weighted by atomic mass is 10.2. The van der Waals surface area contributed by atoms with Gasteiger partial charge in [-0.1, -0.05) is 0 Å². The largest absolute Gasteiger partial charge is 0.380 e. The summed E-state index contributed by atoms with van der Waals surface area (Å²) in [7, 11) is 1.97. The van der Waals surface area contributed by atoms with E-state index in [4.69, 9.17) is 16.2 Å². The zero-order valence-electron chi connectivity index (χ0n) is 9.03. The van der Waals surface area contributed by atoms with Gasteiger partial charge in [0.25, 0.3) is 0 Å². The van der Waals surface area contributed by atoms with Crippen molar-refractivity contribution in [2.24, 2.45) is 11.5 Å². The van der Waals surface area contributed by atoms with Crippen LogP contribution >= 0.6 is 0 Å². The Morgan fingerprint density at radius 2 is 2.14 bits per heavy atom. The summed E-state index contributed by atoms with van der Waals surface area (Å²) in [5.41, 5.74) is 10.5. The summed E-state index contributed by atoms with van der Waals surface area (Å²) < 4.78 is 5.19. The van der Waals surface area contributed by atoms with Crippen LogP contribution in [0.15, 0.2) is 0 Å². The second kappa shape index (κ2) is 7.73. The minimum Gasteiger partial charge on any atom is -0.380 e. The SMILES string of the molecule is CCOCCN(C)CCC(N)C(N)=O. The van der Waals surface area contributed by atoms with Crippen LogP contribution in [0.1, 0.15) is 13.3 Å². The number of carbonyl (C=O) groups is 1. The highest BCUT2D eigenvalue weighted by molar-refractivity contribution is 5.79. The quantitative estimate of drug-likeness (QED) is 0.504. The molecule has 0 aliphatic rings. The summed E-state index contributed by atoms with van der Waals surface area (Å²) in [6, 6.07) is -0.537. The predicted molar refractivity (Wildman–Crippen MR) is 55.8 cm³/mol. The van der Waals surface area contributed by atoms with Crippen LogP contribution in [0, 0.1) is 0 Å². The molecular weight excluding hydrogens is 182 g/mol. The van der Waals surface area contributed by atoms with E-state index in [1.165, 1.54) is 0 Å². The highest BCUT2D eigenvalue weighted by atomic mass is 16.5. The zero-order chi connectivity index (χ0) is 11.0. The molecule has 0 aliphatic carbocycles. The van der Waals surface area contributed by atoms with E-state index in [0.717, 1.165) is 19.7 Å². The summed E-state index contributed by atoms with van der Waals surface area (Å²) in [5, 5.41) is 0. The molecule has 0 aromatic heterocycles. The molecule has 0 aromatic carbocycles. The Hall–Kier alpha value is -0.650. The normalized spacial score (nSPS) is 13.1. The molecule has 0 fully saturated rings. The topological polar surface area (TPSA) is 81.6 Å². The van der Waals surface area contributed by atoms with Crippen molar-refractivity contribution in [3.8, 4) is 0 Å². The minimum atomic E-state index is -0.537. The molecular formula is C9H21N3O2. The standard InChI is InChI=1S/C9H21N3O2/c1-3-14-7-6-12(2)5-4-8(10)9(11)13/h8H,3-7,10H2,1-2H3,(H2,11,13). The Morgan fingerprint density at radius 1 is 1.50 bits per heavy atom. The average molecular weight is 203 g/mol. The van der Waals surface area contributed by atoms with Gasteiger partial charge in [-0.05, 0) is 26.9 Å². The van der Waals surface area contributed by atoms with E-state index in [2.05, 4.69) is 4.90 Å². The lowest BCUT2D eigenvalue weighted by molar-refractivity contribution is -0.119. The van der Waals surface area contributed by atoms with E-state index in [1.807, 2.05) is 14.0 Å². The number of hydrogen-bond acceptors (Lipinski definition) is 4. The van der Waals surface area contributed by atoms with Crippen molar-refractivity contribution in [3.05, 3.63) is 0 Å². The summed E-state index contributed by atoms with van der Waals surface area (Å²) in [5.74, 6) is -0.441. The average Bonchev–Trinajstić information content (AvgIpc) is 2.14. The third kappa shape index (κ3) is 6.82. The number of amides is 1. The van der Waals surface area contributed by atoms with Crippen LogP contribution in [0.2, 0.25) is 0 Å². The first-order chi connectivity index (χ1) is 6.57. The second-order valence-electron chi connectivity index (χ2n) is 3.30. The fourth-order valence-corrected chi connectivity index (χ4v) is 0.978. The number of carbonyl (C=O) groups excluding carboxylic acids is 1. The first-order valence-electron chi connectivity index (χ1n) is 4.89. The molecule has 4 N–H and O–H groups in total. The molecule has 84 valence electrons. The van der Waals surface area contributed by atoms with E-state index in [-0.39, 0.29) is 0 Å². The molecule has 1 unspecified atom stereocenters. The van der Waals surface area contributed by atoms with Gasteiger partial charge in [-0.2, -0.15) is 0 Å². The molecule has 1 amide bonds. The van der Waals surface area contributed by atoms with E-state index in [0.29, 0.717) is 13.0 Å². The molecule has 0 spiro atoms. The fourth-order valence-electron chi connectivity index (χ4n) is 0.978. The number of nitrogens with zero attached hydrogens (tertiary/aromatic N) is 1. The van der Waals surface area contributed by atoms with Crippen molar-refractivity contribution in [1.29, 1.82) is 0 Å². The molecule has 0 heterocycles. The van der Waals surface area contributed by atoms with Crippen LogP contribution in [0.5, 0.6) is 0 Å². The molecule has 0 saturated carbocycles. The monoisotopic (exact) mass is 203 g/mol. The van der Waals surface area contributed by atoms with Gasteiger partial charge in [-0.25, -0.2) is 0 Å². The smallest absolute Gasteiger partial charge is 0.234 e. The summed E-state index contributed by atoms with van der Waals surface area (Å²) in [6.07, 6.45) is 0.595. The van der Waals surface area contributed by atoms with E-state index in [1.54, 1.807) is 0 Å². The van der Waals surface area contributed by atoms with Crippen LogP contribution in [0.3, 0.4) is 0 Å². The van der Waals surface area contributed by atoms with Gasteiger partial charge in [-0.15, -0.1) is 0 Å². The van der Waals surface area contributed by atoms with Crippen molar-refractivity contribution < 1.29 is 9.53 Å². The third-order valence-electron chi connectivity index (χ3n) is 2.01. The summed E-state index contributed by atoms with van der Waals surface area (Å²) in [6.45, 7) is 5.01. The molecule has 0 aromatic rings. The molecule has 5 heteroatoms. The van der Waals surface area contributed by atoms with Gasteiger partial charge >= 0.3 is 0 Å². The molecule has 14 heavy (non-hydrogen) atoms. The van der Waals surface area contributed by atoms with Gasteiger partial charge < -0.3 is 21.1 Å². The Bertz CT molecular complexity index is 164. The molecule has 5 nitrogen and oxygen atoms in total. The lowest BCUT2D eigenvalue weighted by Crippen LogP contribution is -2.39. The first-order valence-corrected chi connectivity index (χ1v) is 4.89. The molecule has 0 saturated heterocycles. The van der Waals surface area contributed by atoms with E-state index >= 15 is 0 Å². The maximum atomic E-state index is 10.6. The van der Waals surface area contributed by atoms with E-state index in [9.17, 15) is 4.79 Å². The van der Waals surface area contributed by atoms with Crippen LogP contribution in [0.25, 0.3) is 0 Å². The minimum absolute atomic E-state index is 0.441. The summed E-state index contributed by atoms with van der Waals surface area (Å²) >= 11 is 0. The third-order valence-corrected chi connectivity index (χ3v) is 2.01. The molecule has 0 aliphatic heterocycles. The Kier molecular flexibility index (Phi) is 7.37. The van der Waals surface area contributed by atoms with Gasteiger partial charge in [0.15, 0.2) is 0 Å². The van der Waals surface area contributed by atoms with Crippen molar-refractivity contribution in [1.82, 2.24) is 4.90 Å². The van der Waals surface area contributed by atoms with E-state index < -0.39 is 11.9 Å². The Balaban J connectivity index is 3.43. The van der Waals surface area contributed by atoms with Crippen molar-refractivity contribution >= 4 is 5.91 Å². The first kappa shape index (κ1) is 13.4. The Labute approximate surface area is 85.4 Å². The number of ether oxygens (including phenoxy) is 1. The number of hydrogen-bond donors (Lipinski definition) is 2. The maximum absolute atomic E-state index is 10.6. The number of nitrogens with two attached hydrogens (primary N) is 2. The van der Waals surface area contributed by atoms with Crippen LogP contribution in [0.4, 0.5) is 0 Å². The van der Waals surface area contributed by atoms with Crippen molar-refractivity contribution in [2.45, 2.75) is 19.4 Å². The second-order valence-corrected chi connectivity index (χ2v) is 3.30. The fraction of sp³-hybridized carbons (Fsp3) is 0.889. The number of primary amides is 1. The highest BCUT2D eigenvalue weighted by Crippen LogP contribution is 1.91. The summed E-state index contributed by atoms with van der Waals surface area (Å²) in [4.78, 5) is 12.7. The van der Waals surface area contributed by atoms with Crippen LogP contribution in [-0.4, -0.2) is 50.2 Å². The number of likely N-dealkylation sites (N-methyl/N-ethyl adjacent to an activating group) is 1. The predicted octanol–water partition coefficient (Wildman–Crippen LogP) is -0.843. The van der Waals surface area contributed by atoms with Crippen molar-refractivity contribution in [3.63, 3.8) is 0 Å². The highest BCUT2D eigenvalue weighted by Gasteiger charge is 2.09. The van der Waals surface area contributed by atoms with Gasteiger partial charge in [-0.3, -0.25) is 4.79 Å². The van der Waals surface area contributed by atoms with Crippen LogP contribution < -0.4 is 11.5 Å². The van der Waals surface area contributed by atoms with Gasteiger partial charge in [0.05, 0.1) is 12.6 Å². The molecule has 0 rings (SSSR count). The molecule has 0 bridgehead atoms. The lowest BCUT2D eigenvalue weighted by Gasteiger charge is -2.17. The zero-order valence-corrected chi connectivity index (χ0v) is 9.03.